The van der Waals surface area contributed by atoms with Gasteiger partial charge in [0, 0.05) is 30.4 Å². The number of nitrogens with zero attached hydrogens (tertiary/aromatic N) is 4. The Morgan fingerprint density at radius 2 is 1.89 bits per heavy atom. The molecule has 3 aromatic rings. The van der Waals surface area contributed by atoms with E-state index >= 15 is 0 Å². The molecule has 2 aromatic carbocycles. The molecular weight excluding hydrogens is 484 g/mol. The number of hydrogen-bond acceptors (Lipinski definition) is 6. The van der Waals surface area contributed by atoms with Crippen molar-refractivity contribution in [3.05, 3.63) is 71.3 Å². The van der Waals surface area contributed by atoms with Gasteiger partial charge in [0.25, 0.3) is 5.91 Å². The Balaban J connectivity index is 1.47. The van der Waals surface area contributed by atoms with E-state index in [1.54, 1.807) is 0 Å². The van der Waals surface area contributed by atoms with E-state index in [9.17, 15) is 4.79 Å². The van der Waals surface area contributed by atoms with Gasteiger partial charge >= 0.3 is 0 Å². The molecule has 0 unspecified atom stereocenters. The molecule has 2 aliphatic heterocycles. The monoisotopic (exact) mass is 516 g/mol. The molecule has 2 atom stereocenters. The Hall–Kier alpha value is -3.36. The zero-order valence-corrected chi connectivity index (χ0v) is 22.3. The van der Waals surface area contributed by atoms with Crippen molar-refractivity contribution in [3.63, 3.8) is 0 Å². The molecule has 1 aromatic heterocycles. The second kappa shape index (κ2) is 11.4. The summed E-state index contributed by atoms with van der Waals surface area (Å²) in [5.74, 6) is 0.591. The van der Waals surface area contributed by atoms with Crippen LogP contribution in [0.15, 0.2) is 70.7 Å². The maximum absolute atomic E-state index is 12.9. The number of unbranched alkanes of at least 4 members (excludes halogenated alkanes) is 1. The van der Waals surface area contributed by atoms with Crippen LogP contribution in [0.2, 0.25) is 0 Å². The van der Waals surface area contributed by atoms with Crippen LogP contribution in [0.4, 0.5) is 0 Å². The Morgan fingerprint density at radius 1 is 1.11 bits per heavy atom. The number of hydrogen-bond donors (Lipinski definition) is 0. The van der Waals surface area contributed by atoms with Gasteiger partial charge in [-0.05, 0) is 62.4 Å². The fourth-order valence-electron chi connectivity index (χ4n) is 4.51. The van der Waals surface area contributed by atoms with Crippen molar-refractivity contribution in [1.29, 1.82) is 0 Å². The highest BCUT2D eigenvalue weighted by molar-refractivity contribution is 8.18. The number of ether oxygens (including phenoxy) is 2. The van der Waals surface area contributed by atoms with Gasteiger partial charge in [-0.25, -0.2) is 4.68 Å². The summed E-state index contributed by atoms with van der Waals surface area (Å²) in [4.78, 5) is 20.1. The largest absolute Gasteiger partial charge is 0.494 e. The third-order valence-electron chi connectivity index (χ3n) is 6.22. The van der Waals surface area contributed by atoms with Crippen molar-refractivity contribution in [2.75, 3.05) is 19.7 Å². The molecule has 2 aliphatic rings. The fraction of sp³-hybridized carbons (Fsp3) is 0.345. The number of aromatic nitrogens is 2. The van der Waals surface area contributed by atoms with E-state index in [0.29, 0.717) is 11.5 Å². The average molecular weight is 517 g/mol. The Labute approximate surface area is 222 Å². The summed E-state index contributed by atoms with van der Waals surface area (Å²) in [5, 5.41) is 5.65. The first kappa shape index (κ1) is 25.3. The predicted octanol–water partition coefficient (Wildman–Crippen LogP) is 5.80. The second-order valence-electron chi connectivity index (χ2n) is 9.42. The van der Waals surface area contributed by atoms with Crippen LogP contribution in [0.1, 0.15) is 39.2 Å². The van der Waals surface area contributed by atoms with E-state index in [1.807, 2.05) is 85.4 Å². The lowest BCUT2D eigenvalue weighted by molar-refractivity contribution is -0.113. The molecule has 8 heteroatoms. The van der Waals surface area contributed by atoms with Crippen LogP contribution in [0.3, 0.4) is 0 Å². The summed E-state index contributed by atoms with van der Waals surface area (Å²) in [6.45, 7) is 8.36. The fourth-order valence-corrected chi connectivity index (χ4v) is 5.43. The van der Waals surface area contributed by atoms with Crippen LogP contribution < -0.4 is 4.74 Å². The minimum atomic E-state index is -0.221. The van der Waals surface area contributed by atoms with E-state index in [2.05, 4.69) is 16.8 Å². The molecule has 1 amide bonds. The van der Waals surface area contributed by atoms with Crippen molar-refractivity contribution >= 4 is 28.9 Å². The lowest BCUT2D eigenvalue weighted by Gasteiger charge is -2.35. The summed E-state index contributed by atoms with van der Waals surface area (Å²) in [5.41, 5.74) is 3.52. The highest BCUT2D eigenvalue weighted by Crippen LogP contribution is 2.34. The number of thioether (sulfide) groups is 1. The van der Waals surface area contributed by atoms with E-state index < -0.39 is 0 Å². The maximum Gasteiger partial charge on any atom is 0.286 e. The minimum absolute atomic E-state index is 0.0951. The van der Waals surface area contributed by atoms with E-state index in [-0.39, 0.29) is 18.1 Å². The Morgan fingerprint density at radius 3 is 2.65 bits per heavy atom. The molecule has 192 valence electrons. The third kappa shape index (κ3) is 5.97. The van der Waals surface area contributed by atoms with Gasteiger partial charge in [-0.15, -0.1) is 0 Å². The van der Waals surface area contributed by atoms with Crippen molar-refractivity contribution in [2.45, 2.75) is 45.8 Å². The first-order valence-electron chi connectivity index (χ1n) is 12.8. The van der Waals surface area contributed by atoms with Crippen molar-refractivity contribution in [1.82, 2.24) is 14.7 Å². The molecule has 0 radical (unpaired) electrons. The van der Waals surface area contributed by atoms with Crippen LogP contribution in [0.25, 0.3) is 23.0 Å². The quantitative estimate of drug-likeness (QED) is 0.292. The number of carbonyl (C=O) groups excluding carboxylic acids is 1. The van der Waals surface area contributed by atoms with Crippen molar-refractivity contribution in [3.8, 4) is 22.7 Å². The first-order chi connectivity index (χ1) is 18.0. The zero-order chi connectivity index (χ0) is 25.8. The topological polar surface area (TPSA) is 68.9 Å². The summed E-state index contributed by atoms with van der Waals surface area (Å²) in [6, 6.07) is 17.9. The van der Waals surface area contributed by atoms with Gasteiger partial charge < -0.3 is 14.4 Å². The molecule has 0 aliphatic carbocycles. The number of aliphatic imine (C=N–C) groups is 1. The molecule has 7 nitrogen and oxygen atoms in total. The third-order valence-corrected chi connectivity index (χ3v) is 7.27. The summed E-state index contributed by atoms with van der Waals surface area (Å²) < 4.78 is 13.6. The second-order valence-corrected chi connectivity index (χ2v) is 10.4. The van der Waals surface area contributed by atoms with Crippen molar-refractivity contribution in [2.24, 2.45) is 4.99 Å². The van der Waals surface area contributed by atoms with E-state index in [0.717, 1.165) is 59.4 Å². The number of amides is 1. The summed E-state index contributed by atoms with van der Waals surface area (Å²) in [7, 11) is 0. The SMILES string of the molecule is CCCCOc1cccc(-c2nn(-c3ccccc3)cc2/C=C2\SC(N3C[C@@H](C)O[C@H](C)C3)=NC2=O)c1. The van der Waals surface area contributed by atoms with Gasteiger partial charge in [-0.3, -0.25) is 4.79 Å². The standard InChI is InChI=1S/C29H32N4O3S/c1-4-5-14-35-25-13-9-10-22(15-25)27-23(19-33(31-27)24-11-7-6-8-12-24)16-26-28(34)30-29(37-26)32-17-20(2)36-21(3)18-32/h6-13,15-16,19-21H,4-5,14,17-18H2,1-3H3/b26-16-/t20-,21-/m1/s1. The Kier molecular flexibility index (Phi) is 7.76. The molecule has 0 N–H and O–H groups in total. The van der Waals surface area contributed by atoms with Gasteiger partial charge in [0.15, 0.2) is 5.17 Å². The van der Waals surface area contributed by atoms with Crippen molar-refractivity contribution < 1.29 is 14.3 Å². The van der Waals surface area contributed by atoms with Gasteiger partial charge in [-0.1, -0.05) is 43.7 Å². The smallest absolute Gasteiger partial charge is 0.286 e. The normalized spacial score (nSPS) is 20.9. The lowest BCUT2D eigenvalue weighted by atomic mass is 10.1. The van der Waals surface area contributed by atoms with Crippen LogP contribution in [0, 0.1) is 0 Å². The summed E-state index contributed by atoms with van der Waals surface area (Å²) >= 11 is 1.42. The average Bonchev–Trinajstić information content (AvgIpc) is 3.48. The molecule has 5 rings (SSSR count). The molecule has 37 heavy (non-hydrogen) atoms. The van der Waals surface area contributed by atoms with E-state index in [4.69, 9.17) is 14.6 Å². The van der Waals surface area contributed by atoms with Gasteiger partial charge in [0.2, 0.25) is 0 Å². The maximum atomic E-state index is 12.9. The van der Waals surface area contributed by atoms with Crippen LogP contribution in [-0.4, -0.2) is 57.7 Å². The molecule has 1 fully saturated rings. The van der Waals surface area contributed by atoms with Gasteiger partial charge in [0.05, 0.1) is 29.4 Å². The lowest BCUT2D eigenvalue weighted by Crippen LogP contribution is -2.47. The van der Waals surface area contributed by atoms with Gasteiger partial charge in [-0.2, -0.15) is 10.1 Å². The molecule has 3 heterocycles. The zero-order valence-electron chi connectivity index (χ0n) is 21.5. The van der Waals surface area contributed by atoms with E-state index in [1.165, 1.54) is 11.8 Å². The number of amidine groups is 1. The number of benzene rings is 2. The first-order valence-corrected chi connectivity index (χ1v) is 13.6. The molecule has 0 saturated carbocycles. The number of carbonyl (C=O) groups is 1. The van der Waals surface area contributed by atoms with Crippen LogP contribution >= 0.6 is 11.8 Å². The van der Waals surface area contributed by atoms with Gasteiger partial charge in [0.1, 0.15) is 11.4 Å². The number of rotatable bonds is 7. The highest BCUT2D eigenvalue weighted by atomic mass is 32.2. The Bertz CT molecular complexity index is 1310. The number of morpholine rings is 1. The molecule has 1 saturated heterocycles. The summed E-state index contributed by atoms with van der Waals surface area (Å²) in [6.07, 6.45) is 6.15. The molecule has 0 spiro atoms. The number of para-hydroxylation sites is 1. The van der Waals surface area contributed by atoms with Crippen LogP contribution in [0.5, 0.6) is 5.75 Å². The van der Waals surface area contributed by atoms with Crippen LogP contribution in [-0.2, 0) is 9.53 Å². The minimum Gasteiger partial charge on any atom is -0.494 e. The molecule has 0 bridgehead atoms. The highest BCUT2D eigenvalue weighted by Gasteiger charge is 2.31. The predicted molar refractivity (Wildman–Crippen MR) is 149 cm³/mol. The molecular formula is C29H32N4O3S.